The van der Waals surface area contributed by atoms with Gasteiger partial charge in [-0.15, -0.1) is 0 Å². The van der Waals surface area contributed by atoms with Crippen LogP contribution < -0.4 is 4.74 Å². The second kappa shape index (κ2) is 7.48. The molecule has 1 saturated heterocycles. The minimum absolute atomic E-state index is 0.318. The van der Waals surface area contributed by atoms with Gasteiger partial charge in [0.1, 0.15) is 18.5 Å². The van der Waals surface area contributed by atoms with Gasteiger partial charge in [0.2, 0.25) is 0 Å². The van der Waals surface area contributed by atoms with E-state index in [-0.39, 0.29) is 0 Å². The van der Waals surface area contributed by atoms with Gasteiger partial charge in [-0.2, -0.15) is 0 Å². The molecule has 0 bridgehead atoms. The third-order valence-corrected chi connectivity index (χ3v) is 4.60. The number of aryl methyl sites for hydroxylation is 1. The highest BCUT2D eigenvalue weighted by molar-refractivity contribution is 6.30. The molecule has 1 fully saturated rings. The van der Waals surface area contributed by atoms with Crippen molar-refractivity contribution in [2.75, 3.05) is 13.2 Å². The van der Waals surface area contributed by atoms with Crippen LogP contribution in [0.1, 0.15) is 38.7 Å². The lowest BCUT2D eigenvalue weighted by molar-refractivity contribution is 0.0208. The molecule has 0 spiro atoms. The Bertz CT molecular complexity index is 456. The second-order valence-electron chi connectivity index (χ2n) is 6.20. The molecule has 3 atom stereocenters. The molecule has 4 heteroatoms. The van der Waals surface area contributed by atoms with Crippen LogP contribution >= 0.6 is 11.6 Å². The van der Waals surface area contributed by atoms with Crippen molar-refractivity contribution in [3.8, 4) is 5.75 Å². The third kappa shape index (κ3) is 4.60. The lowest BCUT2D eigenvalue weighted by Crippen LogP contribution is -2.48. The molecule has 0 aromatic heterocycles. The maximum absolute atomic E-state index is 10.3. The normalized spacial score (nSPS) is 24.8. The fourth-order valence-corrected chi connectivity index (χ4v) is 3.32. The first kappa shape index (κ1) is 16.6. The van der Waals surface area contributed by atoms with E-state index in [2.05, 4.69) is 18.7 Å². The van der Waals surface area contributed by atoms with E-state index < -0.39 is 6.10 Å². The smallest absolute Gasteiger partial charge is 0.122 e. The number of hydrogen-bond donors (Lipinski definition) is 1. The molecule has 0 radical (unpaired) electrons. The zero-order valence-corrected chi connectivity index (χ0v) is 13.9. The van der Waals surface area contributed by atoms with Crippen LogP contribution in [-0.2, 0) is 0 Å². The van der Waals surface area contributed by atoms with Gasteiger partial charge in [-0.1, -0.05) is 18.0 Å². The number of aliphatic hydroxyl groups is 1. The van der Waals surface area contributed by atoms with Crippen molar-refractivity contribution in [2.45, 2.75) is 58.2 Å². The number of likely N-dealkylation sites (tertiary alicyclic amines) is 1. The van der Waals surface area contributed by atoms with E-state index in [1.54, 1.807) is 0 Å². The van der Waals surface area contributed by atoms with E-state index in [1.165, 1.54) is 19.3 Å². The van der Waals surface area contributed by atoms with E-state index in [4.69, 9.17) is 16.3 Å². The molecule has 1 heterocycles. The predicted octanol–water partition coefficient (Wildman–Crippen LogP) is 3.65. The molecule has 1 aliphatic heterocycles. The molecule has 0 aliphatic carbocycles. The third-order valence-electron chi connectivity index (χ3n) is 4.37. The lowest BCUT2D eigenvalue weighted by Gasteiger charge is -2.40. The van der Waals surface area contributed by atoms with Crippen molar-refractivity contribution in [2.24, 2.45) is 0 Å². The molecule has 1 aromatic carbocycles. The van der Waals surface area contributed by atoms with Crippen LogP contribution in [-0.4, -0.2) is 41.3 Å². The van der Waals surface area contributed by atoms with E-state index in [0.717, 1.165) is 11.3 Å². The quantitative estimate of drug-likeness (QED) is 0.901. The maximum Gasteiger partial charge on any atom is 0.122 e. The summed E-state index contributed by atoms with van der Waals surface area (Å²) < 4.78 is 5.73. The zero-order valence-electron chi connectivity index (χ0n) is 13.2. The lowest BCUT2D eigenvalue weighted by atomic mass is 9.97. The fraction of sp³-hybridized carbons (Fsp3) is 0.647. The average Bonchev–Trinajstić information content (AvgIpc) is 2.42. The van der Waals surface area contributed by atoms with Gasteiger partial charge >= 0.3 is 0 Å². The fourth-order valence-electron chi connectivity index (χ4n) is 3.09. The van der Waals surface area contributed by atoms with Gasteiger partial charge in [-0.3, -0.25) is 4.90 Å². The highest BCUT2D eigenvalue weighted by atomic mass is 35.5. The summed E-state index contributed by atoms with van der Waals surface area (Å²) in [5.74, 6) is 0.790. The zero-order chi connectivity index (χ0) is 15.4. The van der Waals surface area contributed by atoms with Crippen molar-refractivity contribution in [1.82, 2.24) is 4.90 Å². The monoisotopic (exact) mass is 311 g/mol. The number of halogens is 1. The highest BCUT2D eigenvalue weighted by Crippen LogP contribution is 2.24. The summed E-state index contributed by atoms with van der Waals surface area (Å²) in [6, 6.07) is 6.63. The van der Waals surface area contributed by atoms with Crippen molar-refractivity contribution in [1.29, 1.82) is 0 Å². The molecular weight excluding hydrogens is 286 g/mol. The number of nitrogens with zero attached hydrogens (tertiary/aromatic N) is 1. The SMILES string of the molecule is Cc1cc(Cl)ccc1OC[C@H](O)CN1[C@H](C)CCC[C@H]1C. The summed E-state index contributed by atoms with van der Waals surface area (Å²) in [5, 5.41) is 11.0. The van der Waals surface area contributed by atoms with Crippen LogP contribution in [0.25, 0.3) is 0 Å². The van der Waals surface area contributed by atoms with Gasteiger partial charge in [0, 0.05) is 23.7 Å². The van der Waals surface area contributed by atoms with Crippen molar-refractivity contribution < 1.29 is 9.84 Å². The molecule has 0 saturated carbocycles. The van der Waals surface area contributed by atoms with Crippen LogP contribution in [0.4, 0.5) is 0 Å². The number of β-amino-alcohol motifs (C(OH)–C–C–N with tert-alkyl or cyclic N) is 1. The van der Waals surface area contributed by atoms with Gasteiger partial charge in [0.15, 0.2) is 0 Å². The Hall–Kier alpha value is -0.770. The first-order chi connectivity index (χ1) is 9.97. The standard InChI is InChI=1S/C17H26ClNO2/c1-12-9-15(18)7-8-17(12)21-11-16(20)10-19-13(2)5-4-6-14(19)3/h7-9,13-14,16,20H,4-6,10-11H2,1-3H3/t13-,14-,16-/m1/s1. The maximum atomic E-state index is 10.3. The van der Waals surface area contributed by atoms with Gasteiger partial charge in [0.05, 0.1) is 0 Å². The minimum Gasteiger partial charge on any atom is -0.491 e. The second-order valence-corrected chi connectivity index (χ2v) is 6.64. The van der Waals surface area contributed by atoms with Crippen LogP contribution in [0.2, 0.25) is 5.02 Å². The molecule has 21 heavy (non-hydrogen) atoms. The highest BCUT2D eigenvalue weighted by Gasteiger charge is 2.26. The number of ether oxygens (including phenoxy) is 1. The topological polar surface area (TPSA) is 32.7 Å². The number of aliphatic hydroxyl groups excluding tert-OH is 1. The first-order valence-corrected chi connectivity index (χ1v) is 8.18. The van der Waals surface area contributed by atoms with Gasteiger partial charge < -0.3 is 9.84 Å². The molecule has 0 unspecified atom stereocenters. The van der Waals surface area contributed by atoms with Crippen molar-refractivity contribution >= 4 is 11.6 Å². The minimum atomic E-state index is -0.469. The van der Waals surface area contributed by atoms with E-state index in [0.29, 0.717) is 30.3 Å². The summed E-state index contributed by atoms with van der Waals surface area (Å²) in [4.78, 5) is 2.40. The summed E-state index contributed by atoms with van der Waals surface area (Å²) in [6.45, 7) is 7.44. The molecular formula is C17H26ClNO2. The molecule has 1 N–H and O–H groups in total. The number of rotatable bonds is 5. The van der Waals surface area contributed by atoms with Crippen LogP contribution in [0.3, 0.4) is 0 Å². The summed E-state index contributed by atoms with van der Waals surface area (Å²) in [6.07, 6.45) is 3.25. The Morgan fingerprint density at radius 2 is 2.00 bits per heavy atom. The molecule has 0 amide bonds. The summed E-state index contributed by atoms with van der Waals surface area (Å²) >= 11 is 5.93. The molecule has 1 aromatic rings. The van der Waals surface area contributed by atoms with Crippen LogP contribution in [0, 0.1) is 6.92 Å². The largest absolute Gasteiger partial charge is 0.491 e. The summed E-state index contributed by atoms with van der Waals surface area (Å²) in [7, 11) is 0. The Morgan fingerprint density at radius 1 is 1.33 bits per heavy atom. The van der Waals surface area contributed by atoms with E-state index in [1.807, 2.05) is 25.1 Å². The molecule has 2 rings (SSSR count). The van der Waals surface area contributed by atoms with Crippen molar-refractivity contribution in [3.05, 3.63) is 28.8 Å². The first-order valence-electron chi connectivity index (χ1n) is 7.80. The van der Waals surface area contributed by atoms with Gasteiger partial charge in [0.25, 0.3) is 0 Å². The van der Waals surface area contributed by atoms with Gasteiger partial charge in [-0.25, -0.2) is 0 Å². The molecule has 3 nitrogen and oxygen atoms in total. The van der Waals surface area contributed by atoms with Crippen LogP contribution in [0.15, 0.2) is 18.2 Å². The Balaban J connectivity index is 1.85. The Kier molecular flexibility index (Phi) is 5.91. The van der Waals surface area contributed by atoms with Crippen molar-refractivity contribution in [3.63, 3.8) is 0 Å². The predicted molar refractivity (Wildman–Crippen MR) is 87.2 cm³/mol. The molecule has 118 valence electrons. The number of benzene rings is 1. The van der Waals surface area contributed by atoms with E-state index >= 15 is 0 Å². The Morgan fingerprint density at radius 3 is 2.62 bits per heavy atom. The van der Waals surface area contributed by atoms with Crippen LogP contribution in [0.5, 0.6) is 5.75 Å². The molecule has 1 aliphatic rings. The number of piperidine rings is 1. The Labute approximate surface area is 132 Å². The van der Waals surface area contributed by atoms with Gasteiger partial charge in [-0.05, 0) is 57.4 Å². The average molecular weight is 312 g/mol. The summed E-state index contributed by atoms with van der Waals surface area (Å²) in [5.41, 5.74) is 0.995. The number of hydrogen-bond acceptors (Lipinski definition) is 3. The van der Waals surface area contributed by atoms with E-state index in [9.17, 15) is 5.11 Å².